The highest BCUT2D eigenvalue weighted by atomic mass is 79.9. The molecule has 0 aliphatic carbocycles. The van der Waals surface area contributed by atoms with E-state index in [2.05, 4.69) is 20.7 Å². The van der Waals surface area contributed by atoms with Gasteiger partial charge in [0.15, 0.2) is 0 Å². The molecule has 0 saturated heterocycles. The molecule has 0 spiro atoms. The number of benzene rings is 1. The minimum absolute atomic E-state index is 0.0767. The van der Waals surface area contributed by atoms with Crippen LogP contribution in [-0.4, -0.2) is 25.2 Å². The predicted octanol–water partition coefficient (Wildman–Crippen LogP) is 2.77. The largest absolute Gasteiger partial charge is 0.465 e. The van der Waals surface area contributed by atoms with Crippen molar-refractivity contribution in [2.24, 2.45) is 0 Å². The molecule has 0 heterocycles. The molecule has 0 amide bonds. The third-order valence-electron chi connectivity index (χ3n) is 2.29. The highest BCUT2D eigenvalue weighted by Gasteiger charge is 2.05. The van der Waals surface area contributed by atoms with E-state index >= 15 is 0 Å². The fraction of sp³-hybridized carbons (Fsp3) is 0.417. The van der Waals surface area contributed by atoms with Crippen LogP contribution >= 0.6 is 15.9 Å². The molecular weight excluding hydrogens is 272 g/mol. The Morgan fingerprint density at radius 2 is 1.94 bits per heavy atom. The number of ether oxygens (including phenoxy) is 2. The first-order chi connectivity index (χ1) is 7.67. The Morgan fingerprint density at radius 1 is 1.31 bits per heavy atom. The van der Waals surface area contributed by atoms with Gasteiger partial charge in [-0.2, -0.15) is 0 Å². The van der Waals surface area contributed by atoms with Crippen molar-refractivity contribution in [1.29, 1.82) is 0 Å². The van der Waals surface area contributed by atoms with Gasteiger partial charge >= 0.3 is 5.97 Å². The average Bonchev–Trinajstić information content (AvgIpc) is 2.35. The normalized spacial score (nSPS) is 12.2. The van der Waals surface area contributed by atoms with E-state index in [1.807, 2.05) is 12.1 Å². The number of carbonyl (C=O) groups excluding carboxylic acids is 1. The molecule has 1 atom stereocenters. The summed E-state index contributed by atoms with van der Waals surface area (Å²) in [6.45, 7) is 0. The molecule has 0 radical (unpaired) electrons. The van der Waals surface area contributed by atoms with Crippen LogP contribution in [-0.2, 0) is 15.9 Å². The second-order valence-corrected chi connectivity index (χ2v) is 4.39. The zero-order chi connectivity index (χ0) is 12.0. The topological polar surface area (TPSA) is 35.5 Å². The molecule has 3 nitrogen and oxygen atoms in total. The SMILES string of the molecule is COC(=O)c1ccc(CCC(Br)OC)cc1. The van der Waals surface area contributed by atoms with Gasteiger partial charge in [0.2, 0.25) is 0 Å². The Hall–Kier alpha value is -0.870. The number of rotatable bonds is 5. The molecule has 1 aromatic carbocycles. The van der Waals surface area contributed by atoms with Gasteiger partial charge in [0, 0.05) is 7.11 Å². The van der Waals surface area contributed by atoms with Crippen LogP contribution in [0.25, 0.3) is 0 Å². The average molecular weight is 287 g/mol. The molecular formula is C12H15BrO3. The number of hydrogen-bond donors (Lipinski definition) is 0. The van der Waals surface area contributed by atoms with Crippen molar-refractivity contribution in [3.8, 4) is 0 Å². The van der Waals surface area contributed by atoms with Gasteiger partial charge in [0.1, 0.15) is 5.01 Å². The lowest BCUT2D eigenvalue weighted by Crippen LogP contribution is -2.03. The van der Waals surface area contributed by atoms with E-state index in [0.717, 1.165) is 12.8 Å². The number of halogens is 1. The first-order valence-corrected chi connectivity index (χ1v) is 5.93. The molecule has 4 heteroatoms. The van der Waals surface area contributed by atoms with Gasteiger partial charge < -0.3 is 9.47 Å². The van der Waals surface area contributed by atoms with Gasteiger partial charge in [0.05, 0.1) is 12.7 Å². The van der Waals surface area contributed by atoms with Gasteiger partial charge in [-0.15, -0.1) is 0 Å². The smallest absolute Gasteiger partial charge is 0.337 e. The van der Waals surface area contributed by atoms with Gasteiger partial charge in [-0.25, -0.2) is 4.79 Å². The highest BCUT2D eigenvalue weighted by Crippen LogP contribution is 2.12. The van der Waals surface area contributed by atoms with E-state index in [-0.39, 0.29) is 11.0 Å². The van der Waals surface area contributed by atoms with Crippen LogP contribution in [0, 0.1) is 0 Å². The lowest BCUT2D eigenvalue weighted by molar-refractivity contribution is 0.0600. The van der Waals surface area contributed by atoms with Crippen molar-refractivity contribution >= 4 is 21.9 Å². The fourth-order valence-corrected chi connectivity index (χ4v) is 1.55. The van der Waals surface area contributed by atoms with E-state index in [1.54, 1.807) is 19.2 Å². The lowest BCUT2D eigenvalue weighted by atomic mass is 10.1. The van der Waals surface area contributed by atoms with Crippen LogP contribution in [0.3, 0.4) is 0 Å². The summed E-state index contributed by atoms with van der Waals surface area (Å²) in [5, 5.41) is 0.0767. The minimum atomic E-state index is -0.304. The third kappa shape index (κ3) is 3.94. The zero-order valence-electron chi connectivity index (χ0n) is 9.40. The lowest BCUT2D eigenvalue weighted by Gasteiger charge is -2.07. The van der Waals surface area contributed by atoms with Crippen molar-refractivity contribution in [3.63, 3.8) is 0 Å². The molecule has 0 aromatic heterocycles. The molecule has 1 aromatic rings. The van der Waals surface area contributed by atoms with Gasteiger partial charge in [-0.1, -0.05) is 28.1 Å². The summed E-state index contributed by atoms with van der Waals surface area (Å²) < 4.78 is 9.72. The van der Waals surface area contributed by atoms with Crippen molar-refractivity contribution < 1.29 is 14.3 Å². The number of hydrogen-bond acceptors (Lipinski definition) is 3. The van der Waals surface area contributed by atoms with E-state index < -0.39 is 0 Å². The van der Waals surface area contributed by atoms with E-state index in [0.29, 0.717) is 5.56 Å². The number of esters is 1. The molecule has 0 saturated carbocycles. The summed E-state index contributed by atoms with van der Waals surface area (Å²) in [7, 11) is 3.05. The molecule has 1 rings (SSSR count). The van der Waals surface area contributed by atoms with Crippen LogP contribution in [0.5, 0.6) is 0 Å². The first-order valence-electron chi connectivity index (χ1n) is 5.01. The van der Waals surface area contributed by atoms with Crippen LogP contribution in [0.1, 0.15) is 22.3 Å². The summed E-state index contributed by atoms with van der Waals surface area (Å²) in [6, 6.07) is 7.41. The number of carbonyl (C=O) groups is 1. The Labute approximate surface area is 104 Å². The zero-order valence-corrected chi connectivity index (χ0v) is 11.0. The van der Waals surface area contributed by atoms with Crippen molar-refractivity contribution in [2.45, 2.75) is 17.9 Å². The summed E-state index contributed by atoms with van der Waals surface area (Å²) in [6.07, 6.45) is 1.80. The maximum Gasteiger partial charge on any atom is 0.337 e. The maximum atomic E-state index is 11.2. The van der Waals surface area contributed by atoms with Crippen LogP contribution in [0.15, 0.2) is 24.3 Å². The first kappa shape index (κ1) is 13.2. The van der Waals surface area contributed by atoms with E-state index in [1.165, 1.54) is 12.7 Å². The third-order valence-corrected chi connectivity index (χ3v) is 3.12. The Bertz CT molecular complexity index is 335. The van der Waals surface area contributed by atoms with E-state index in [4.69, 9.17) is 4.74 Å². The standard InChI is InChI=1S/C12H15BrO3/c1-15-11(13)8-5-9-3-6-10(7-4-9)12(14)16-2/h3-4,6-7,11H,5,8H2,1-2H3. The van der Waals surface area contributed by atoms with E-state index in [9.17, 15) is 4.79 Å². The van der Waals surface area contributed by atoms with Gasteiger partial charge in [-0.3, -0.25) is 0 Å². The van der Waals surface area contributed by atoms with Gasteiger partial charge in [0.25, 0.3) is 0 Å². The van der Waals surface area contributed by atoms with Crippen LogP contribution < -0.4 is 0 Å². The van der Waals surface area contributed by atoms with Crippen LogP contribution in [0.2, 0.25) is 0 Å². The maximum absolute atomic E-state index is 11.2. The second kappa shape index (κ2) is 6.66. The summed E-state index contributed by atoms with van der Waals surface area (Å²) >= 11 is 3.39. The number of methoxy groups -OCH3 is 2. The molecule has 88 valence electrons. The number of alkyl halides is 1. The molecule has 16 heavy (non-hydrogen) atoms. The Morgan fingerprint density at radius 3 is 2.44 bits per heavy atom. The highest BCUT2D eigenvalue weighted by molar-refractivity contribution is 9.09. The predicted molar refractivity (Wildman–Crippen MR) is 65.8 cm³/mol. The quantitative estimate of drug-likeness (QED) is 0.617. The Balaban J connectivity index is 2.54. The molecule has 0 aliphatic rings. The van der Waals surface area contributed by atoms with Gasteiger partial charge in [-0.05, 0) is 30.5 Å². The molecule has 0 aliphatic heterocycles. The summed E-state index contributed by atoms with van der Waals surface area (Å²) in [4.78, 5) is 11.2. The van der Waals surface area contributed by atoms with Crippen molar-refractivity contribution in [3.05, 3.63) is 35.4 Å². The summed E-state index contributed by atoms with van der Waals surface area (Å²) in [5.41, 5.74) is 1.75. The Kier molecular flexibility index (Phi) is 5.49. The summed E-state index contributed by atoms with van der Waals surface area (Å²) in [5.74, 6) is -0.304. The molecule has 1 unspecified atom stereocenters. The monoisotopic (exact) mass is 286 g/mol. The molecule has 0 fully saturated rings. The second-order valence-electron chi connectivity index (χ2n) is 3.37. The minimum Gasteiger partial charge on any atom is -0.465 e. The fourth-order valence-electron chi connectivity index (χ4n) is 1.32. The van der Waals surface area contributed by atoms with Crippen LogP contribution in [0.4, 0.5) is 0 Å². The van der Waals surface area contributed by atoms with Crippen molar-refractivity contribution in [2.75, 3.05) is 14.2 Å². The molecule has 0 N–H and O–H groups in total. The molecule has 0 bridgehead atoms. The van der Waals surface area contributed by atoms with Crippen molar-refractivity contribution in [1.82, 2.24) is 0 Å². The number of aryl methyl sites for hydroxylation is 1.